The van der Waals surface area contributed by atoms with E-state index < -0.39 is 0 Å². The minimum absolute atomic E-state index is 0.0684. The first-order valence-electron chi connectivity index (χ1n) is 6.04. The molecule has 1 aromatic carbocycles. The number of aromatic nitrogens is 1. The van der Waals surface area contributed by atoms with Crippen molar-refractivity contribution in [3.05, 3.63) is 45.9 Å². The Kier molecular flexibility index (Phi) is 4.33. The maximum absolute atomic E-state index is 5.80. The third kappa shape index (κ3) is 3.31. The second kappa shape index (κ2) is 5.98. The van der Waals surface area contributed by atoms with E-state index in [1.807, 2.05) is 43.6 Å². The van der Waals surface area contributed by atoms with E-state index in [0.29, 0.717) is 6.61 Å². The smallest absolute Gasteiger partial charge is 0.119 e. The Morgan fingerprint density at radius 1 is 1.33 bits per heavy atom. The summed E-state index contributed by atoms with van der Waals surface area (Å²) in [5.74, 6) is 0.890. The summed E-state index contributed by atoms with van der Waals surface area (Å²) in [7, 11) is 0. The highest BCUT2D eigenvalue weighted by Crippen LogP contribution is 2.17. The summed E-state index contributed by atoms with van der Waals surface area (Å²) in [5.41, 5.74) is 9.91. The van der Waals surface area contributed by atoms with Gasteiger partial charge >= 0.3 is 0 Å². The SMILES string of the molecule is Cc1ncsc1CCOc1ccc([C@H](C)N)cc1. The summed E-state index contributed by atoms with van der Waals surface area (Å²) in [6.45, 7) is 4.69. The highest BCUT2D eigenvalue weighted by Gasteiger charge is 2.02. The lowest BCUT2D eigenvalue weighted by Gasteiger charge is -2.08. The van der Waals surface area contributed by atoms with Crippen molar-refractivity contribution < 1.29 is 4.74 Å². The molecule has 2 rings (SSSR count). The fourth-order valence-corrected chi connectivity index (χ4v) is 2.46. The largest absolute Gasteiger partial charge is 0.493 e. The van der Waals surface area contributed by atoms with E-state index >= 15 is 0 Å². The molecule has 1 atom stereocenters. The highest BCUT2D eigenvalue weighted by atomic mass is 32.1. The van der Waals surface area contributed by atoms with E-state index in [1.54, 1.807) is 11.3 Å². The molecular weight excluding hydrogens is 244 g/mol. The van der Waals surface area contributed by atoms with Gasteiger partial charge in [0.2, 0.25) is 0 Å². The zero-order valence-electron chi connectivity index (χ0n) is 10.7. The molecule has 0 saturated heterocycles. The first kappa shape index (κ1) is 13.1. The molecule has 0 bridgehead atoms. The Hall–Kier alpha value is -1.39. The summed E-state index contributed by atoms with van der Waals surface area (Å²) in [6, 6.07) is 8.03. The first-order chi connectivity index (χ1) is 8.66. The number of benzene rings is 1. The van der Waals surface area contributed by atoms with Crippen molar-refractivity contribution in [1.29, 1.82) is 0 Å². The van der Waals surface area contributed by atoms with Gasteiger partial charge in [-0.15, -0.1) is 11.3 Å². The van der Waals surface area contributed by atoms with Crippen molar-refractivity contribution in [1.82, 2.24) is 4.98 Å². The lowest BCUT2D eigenvalue weighted by atomic mass is 10.1. The predicted octanol–water partition coefficient (Wildman–Crippen LogP) is 3.09. The van der Waals surface area contributed by atoms with Gasteiger partial charge in [0.25, 0.3) is 0 Å². The second-order valence-electron chi connectivity index (χ2n) is 4.32. The van der Waals surface area contributed by atoms with Crippen LogP contribution in [0.2, 0.25) is 0 Å². The molecule has 0 saturated carbocycles. The molecule has 0 fully saturated rings. The van der Waals surface area contributed by atoms with Crippen molar-refractivity contribution in [2.24, 2.45) is 5.73 Å². The molecule has 0 amide bonds. The molecule has 2 N–H and O–H groups in total. The van der Waals surface area contributed by atoms with Gasteiger partial charge in [-0.1, -0.05) is 12.1 Å². The van der Waals surface area contributed by atoms with Crippen LogP contribution in [0.5, 0.6) is 5.75 Å². The molecule has 4 heteroatoms. The highest BCUT2D eigenvalue weighted by molar-refractivity contribution is 7.09. The number of rotatable bonds is 5. The quantitative estimate of drug-likeness (QED) is 0.900. The molecular formula is C14H18N2OS. The molecule has 0 spiro atoms. The summed E-state index contributed by atoms with van der Waals surface area (Å²) in [5, 5.41) is 0. The fourth-order valence-electron chi connectivity index (χ4n) is 1.70. The number of nitrogens with zero attached hydrogens (tertiary/aromatic N) is 1. The predicted molar refractivity (Wildman–Crippen MR) is 75.1 cm³/mol. The van der Waals surface area contributed by atoms with Crippen LogP contribution in [0, 0.1) is 6.92 Å². The van der Waals surface area contributed by atoms with E-state index in [0.717, 1.165) is 23.4 Å². The van der Waals surface area contributed by atoms with Crippen molar-refractivity contribution in [3.63, 3.8) is 0 Å². The molecule has 0 radical (unpaired) electrons. The molecule has 0 aliphatic carbocycles. The van der Waals surface area contributed by atoms with Crippen LogP contribution in [0.1, 0.15) is 29.1 Å². The van der Waals surface area contributed by atoms with Gasteiger partial charge in [0.05, 0.1) is 17.8 Å². The fraction of sp³-hybridized carbons (Fsp3) is 0.357. The number of hydrogen-bond donors (Lipinski definition) is 1. The molecule has 1 heterocycles. The lowest BCUT2D eigenvalue weighted by molar-refractivity contribution is 0.322. The molecule has 0 aliphatic heterocycles. The van der Waals surface area contributed by atoms with Gasteiger partial charge < -0.3 is 10.5 Å². The van der Waals surface area contributed by atoms with Crippen molar-refractivity contribution in [2.75, 3.05) is 6.61 Å². The van der Waals surface area contributed by atoms with Crippen molar-refractivity contribution in [3.8, 4) is 5.75 Å². The van der Waals surface area contributed by atoms with Crippen molar-refractivity contribution >= 4 is 11.3 Å². The molecule has 96 valence electrons. The lowest BCUT2D eigenvalue weighted by Crippen LogP contribution is -2.05. The summed E-state index contributed by atoms with van der Waals surface area (Å²) >= 11 is 1.68. The van der Waals surface area contributed by atoms with E-state index in [9.17, 15) is 0 Å². The first-order valence-corrected chi connectivity index (χ1v) is 6.92. The van der Waals surface area contributed by atoms with Crippen LogP contribution < -0.4 is 10.5 Å². The molecule has 2 aromatic rings. The van der Waals surface area contributed by atoms with Gasteiger partial charge in [0.15, 0.2) is 0 Å². The van der Waals surface area contributed by atoms with Crippen LogP contribution in [-0.2, 0) is 6.42 Å². The normalized spacial score (nSPS) is 12.4. The monoisotopic (exact) mass is 262 g/mol. The number of thiazole rings is 1. The molecule has 18 heavy (non-hydrogen) atoms. The van der Waals surface area contributed by atoms with Gasteiger partial charge in [0.1, 0.15) is 5.75 Å². The molecule has 0 aliphatic rings. The Morgan fingerprint density at radius 2 is 2.06 bits per heavy atom. The summed E-state index contributed by atoms with van der Waals surface area (Å²) in [6.07, 6.45) is 0.908. The van der Waals surface area contributed by atoms with Gasteiger partial charge in [-0.05, 0) is 31.5 Å². The third-order valence-corrected chi connectivity index (χ3v) is 3.84. The Balaban J connectivity index is 1.85. The maximum atomic E-state index is 5.80. The average molecular weight is 262 g/mol. The standard InChI is InChI=1S/C14H18N2OS/c1-10(15)12-3-5-13(6-4-12)17-8-7-14-11(2)16-9-18-14/h3-6,9-10H,7-8,15H2,1-2H3/t10-/m0/s1. The van der Waals surface area contributed by atoms with E-state index in [-0.39, 0.29) is 6.04 Å². The number of hydrogen-bond acceptors (Lipinski definition) is 4. The number of aryl methyl sites for hydroxylation is 1. The second-order valence-corrected chi connectivity index (χ2v) is 5.26. The Morgan fingerprint density at radius 3 is 2.61 bits per heavy atom. The topological polar surface area (TPSA) is 48.1 Å². The van der Waals surface area contributed by atoms with Crippen molar-refractivity contribution in [2.45, 2.75) is 26.3 Å². The minimum atomic E-state index is 0.0684. The van der Waals surface area contributed by atoms with Gasteiger partial charge in [0, 0.05) is 17.3 Å². The van der Waals surface area contributed by atoms with Crippen LogP contribution in [-0.4, -0.2) is 11.6 Å². The third-order valence-electron chi connectivity index (χ3n) is 2.85. The average Bonchev–Trinajstić information content (AvgIpc) is 2.76. The zero-order valence-corrected chi connectivity index (χ0v) is 11.5. The Bertz CT molecular complexity index is 491. The zero-order chi connectivity index (χ0) is 13.0. The maximum Gasteiger partial charge on any atom is 0.119 e. The van der Waals surface area contributed by atoms with Crippen LogP contribution in [0.15, 0.2) is 29.8 Å². The van der Waals surface area contributed by atoms with Crippen LogP contribution in [0.4, 0.5) is 0 Å². The van der Waals surface area contributed by atoms with E-state index in [1.165, 1.54) is 4.88 Å². The van der Waals surface area contributed by atoms with Gasteiger partial charge in [-0.25, -0.2) is 4.98 Å². The Labute approximate surface area is 112 Å². The van der Waals surface area contributed by atoms with Gasteiger partial charge in [-0.2, -0.15) is 0 Å². The molecule has 3 nitrogen and oxygen atoms in total. The minimum Gasteiger partial charge on any atom is -0.493 e. The van der Waals surface area contributed by atoms with E-state index in [2.05, 4.69) is 4.98 Å². The van der Waals surface area contributed by atoms with Crippen LogP contribution in [0.3, 0.4) is 0 Å². The number of ether oxygens (including phenoxy) is 1. The summed E-state index contributed by atoms with van der Waals surface area (Å²) < 4.78 is 5.71. The molecule has 1 aromatic heterocycles. The van der Waals surface area contributed by atoms with Crippen LogP contribution in [0.25, 0.3) is 0 Å². The van der Waals surface area contributed by atoms with Gasteiger partial charge in [-0.3, -0.25) is 0 Å². The van der Waals surface area contributed by atoms with Crippen LogP contribution >= 0.6 is 11.3 Å². The van der Waals surface area contributed by atoms with E-state index in [4.69, 9.17) is 10.5 Å². The molecule has 0 unspecified atom stereocenters. The number of nitrogens with two attached hydrogens (primary N) is 1. The summed E-state index contributed by atoms with van der Waals surface area (Å²) in [4.78, 5) is 5.52.